The van der Waals surface area contributed by atoms with Crippen molar-refractivity contribution < 1.29 is 19.4 Å². The van der Waals surface area contributed by atoms with Crippen LogP contribution in [0.3, 0.4) is 0 Å². The number of carbonyl (C=O) groups is 2. The van der Waals surface area contributed by atoms with Crippen molar-refractivity contribution in [3.8, 4) is 5.75 Å². The third kappa shape index (κ3) is 5.18. The van der Waals surface area contributed by atoms with Crippen LogP contribution in [0.1, 0.15) is 13.8 Å². The number of aliphatic carboxylic acids is 1. The molecule has 0 saturated carbocycles. The quantitative estimate of drug-likeness (QED) is 0.757. The zero-order valence-electron chi connectivity index (χ0n) is 12.2. The van der Waals surface area contributed by atoms with Crippen LogP contribution in [0.25, 0.3) is 0 Å². The van der Waals surface area contributed by atoms with Crippen LogP contribution in [0.5, 0.6) is 5.75 Å². The zero-order valence-corrected chi connectivity index (χ0v) is 12.2. The zero-order chi connectivity index (χ0) is 15.8. The maximum Gasteiger partial charge on any atom is 0.341 e. The summed E-state index contributed by atoms with van der Waals surface area (Å²) in [6, 6.07) is 6.41. The number of rotatable bonds is 7. The molecule has 1 rings (SSSR count). The summed E-state index contributed by atoms with van der Waals surface area (Å²) in [6.07, 6.45) is 1.65. The second-order valence-corrected chi connectivity index (χ2v) is 4.64. The van der Waals surface area contributed by atoms with Crippen LogP contribution in [0, 0.1) is 0 Å². The predicted molar refractivity (Wildman–Crippen MR) is 80.6 cm³/mol. The Morgan fingerprint density at radius 1 is 1.43 bits per heavy atom. The molecule has 0 aliphatic carbocycles. The SMILES string of the molecule is C=CCN(C(=O)Nc1ccccc1OCC(=O)O)C(C)C. The number of amides is 2. The number of urea groups is 1. The number of anilines is 1. The maximum atomic E-state index is 12.2. The average molecular weight is 292 g/mol. The van der Waals surface area contributed by atoms with E-state index in [1.807, 2.05) is 13.8 Å². The molecule has 0 heterocycles. The molecule has 21 heavy (non-hydrogen) atoms. The molecular weight excluding hydrogens is 272 g/mol. The number of carbonyl (C=O) groups excluding carboxylic acids is 1. The first kappa shape index (κ1) is 16.6. The fourth-order valence-corrected chi connectivity index (χ4v) is 1.69. The van der Waals surface area contributed by atoms with E-state index in [9.17, 15) is 9.59 Å². The number of nitrogens with one attached hydrogen (secondary N) is 1. The molecule has 0 unspecified atom stereocenters. The number of benzene rings is 1. The number of carboxylic acids is 1. The second-order valence-electron chi connectivity index (χ2n) is 4.64. The maximum absolute atomic E-state index is 12.2. The molecule has 0 fully saturated rings. The van der Waals surface area contributed by atoms with E-state index >= 15 is 0 Å². The first-order valence-corrected chi connectivity index (χ1v) is 6.57. The van der Waals surface area contributed by atoms with E-state index in [2.05, 4.69) is 11.9 Å². The molecule has 0 radical (unpaired) electrons. The Kier molecular flexibility index (Phi) is 6.26. The molecule has 1 aromatic carbocycles. The Balaban J connectivity index is 2.83. The van der Waals surface area contributed by atoms with Gasteiger partial charge in [0.15, 0.2) is 6.61 Å². The van der Waals surface area contributed by atoms with E-state index in [1.165, 1.54) is 0 Å². The van der Waals surface area contributed by atoms with Crippen LogP contribution in [-0.4, -0.2) is 41.2 Å². The molecule has 0 spiro atoms. The molecule has 114 valence electrons. The van der Waals surface area contributed by atoms with Gasteiger partial charge >= 0.3 is 12.0 Å². The normalized spacial score (nSPS) is 10.0. The van der Waals surface area contributed by atoms with Gasteiger partial charge in [0.1, 0.15) is 5.75 Å². The summed E-state index contributed by atoms with van der Waals surface area (Å²) >= 11 is 0. The fraction of sp³-hybridized carbons (Fsp3) is 0.333. The Hall–Kier alpha value is -2.50. The van der Waals surface area contributed by atoms with Crippen molar-refractivity contribution in [3.63, 3.8) is 0 Å². The van der Waals surface area contributed by atoms with Crippen molar-refractivity contribution in [2.75, 3.05) is 18.5 Å². The second kappa shape index (κ2) is 7.94. The molecule has 0 bridgehead atoms. The first-order chi connectivity index (χ1) is 9.95. The van der Waals surface area contributed by atoms with Gasteiger partial charge in [-0.25, -0.2) is 9.59 Å². The van der Waals surface area contributed by atoms with Gasteiger partial charge in [-0.2, -0.15) is 0 Å². The summed E-state index contributed by atoms with van der Waals surface area (Å²) in [5, 5.41) is 11.4. The lowest BCUT2D eigenvalue weighted by Gasteiger charge is -2.26. The topological polar surface area (TPSA) is 78.9 Å². The van der Waals surface area contributed by atoms with E-state index in [0.717, 1.165) is 0 Å². The van der Waals surface area contributed by atoms with Crippen LogP contribution in [0.15, 0.2) is 36.9 Å². The summed E-state index contributed by atoms with van der Waals surface area (Å²) in [4.78, 5) is 24.4. The summed E-state index contributed by atoms with van der Waals surface area (Å²) in [5.74, 6) is -0.762. The minimum Gasteiger partial charge on any atom is -0.480 e. The fourth-order valence-electron chi connectivity index (χ4n) is 1.69. The lowest BCUT2D eigenvalue weighted by molar-refractivity contribution is -0.139. The number of hydrogen-bond donors (Lipinski definition) is 2. The minimum atomic E-state index is -1.08. The summed E-state index contributed by atoms with van der Waals surface area (Å²) in [6.45, 7) is 7.38. The minimum absolute atomic E-state index is 0.00935. The highest BCUT2D eigenvalue weighted by Crippen LogP contribution is 2.24. The van der Waals surface area contributed by atoms with Crippen molar-refractivity contribution >= 4 is 17.7 Å². The summed E-state index contributed by atoms with van der Waals surface area (Å²) < 4.78 is 5.15. The number of carboxylic acid groups (broad SMARTS) is 1. The highest BCUT2D eigenvalue weighted by molar-refractivity contribution is 5.91. The lowest BCUT2D eigenvalue weighted by Crippen LogP contribution is -2.40. The molecule has 0 saturated heterocycles. The van der Waals surface area contributed by atoms with Gasteiger partial charge in [-0.1, -0.05) is 18.2 Å². The Bertz CT molecular complexity index is 514. The number of para-hydroxylation sites is 2. The molecule has 2 N–H and O–H groups in total. The monoisotopic (exact) mass is 292 g/mol. The lowest BCUT2D eigenvalue weighted by atomic mass is 10.3. The van der Waals surface area contributed by atoms with Gasteiger partial charge in [0.2, 0.25) is 0 Å². The molecule has 1 aromatic rings. The number of nitrogens with zero attached hydrogens (tertiary/aromatic N) is 1. The van der Waals surface area contributed by atoms with E-state index in [1.54, 1.807) is 35.2 Å². The standard InChI is InChI=1S/C15H20N2O4/c1-4-9-17(11(2)3)15(20)16-12-7-5-6-8-13(12)21-10-14(18)19/h4-8,11H,1,9-10H2,2-3H3,(H,16,20)(H,18,19). The number of ether oxygens (including phenoxy) is 1. The Labute approximate surface area is 124 Å². The van der Waals surface area contributed by atoms with Crippen molar-refractivity contribution in [3.05, 3.63) is 36.9 Å². The van der Waals surface area contributed by atoms with Gasteiger partial charge in [-0.05, 0) is 26.0 Å². The smallest absolute Gasteiger partial charge is 0.341 e. The molecule has 0 atom stereocenters. The van der Waals surface area contributed by atoms with E-state index in [0.29, 0.717) is 18.0 Å². The Morgan fingerprint density at radius 3 is 2.67 bits per heavy atom. The van der Waals surface area contributed by atoms with Gasteiger partial charge in [0, 0.05) is 12.6 Å². The van der Waals surface area contributed by atoms with Crippen molar-refractivity contribution in [2.45, 2.75) is 19.9 Å². The van der Waals surface area contributed by atoms with Crippen molar-refractivity contribution in [1.29, 1.82) is 0 Å². The summed E-state index contributed by atoms with van der Waals surface area (Å²) in [7, 11) is 0. The van der Waals surface area contributed by atoms with Gasteiger partial charge in [-0.3, -0.25) is 0 Å². The van der Waals surface area contributed by atoms with Gasteiger partial charge in [0.25, 0.3) is 0 Å². The van der Waals surface area contributed by atoms with Crippen LogP contribution < -0.4 is 10.1 Å². The van der Waals surface area contributed by atoms with Crippen LogP contribution >= 0.6 is 0 Å². The predicted octanol–water partition coefficient (Wildman–Crippen LogP) is 2.58. The van der Waals surface area contributed by atoms with Crippen LogP contribution in [0.2, 0.25) is 0 Å². The highest BCUT2D eigenvalue weighted by atomic mass is 16.5. The molecule has 0 aliphatic heterocycles. The van der Waals surface area contributed by atoms with E-state index < -0.39 is 12.6 Å². The third-order valence-corrected chi connectivity index (χ3v) is 2.69. The van der Waals surface area contributed by atoms with Crippen LogP contribution in [-0.2, 0) is 4.79 Å². The summed E-state index contributed by atoms with van der Waals surface area (Å²) in [5.41, 5.74) is 0.429. The third-order valence-electron chi connectivity index (χ3n) is 2.69. The first-order valence-electron chi connectivity index (χ1n) is 6.57. The van der Waals surface area contributed by atoms with Gasteiger partial charge in [-0.15, -0.1) is 6.58 Å². The molecule has 6 nitrogen and oxygen atoms in total. The number of hydrogen-bond acceptors (Lipinski definition) is 3. The molecular formula is C15H20N2O4. The van der Waals surface area contributed by atoms with E-state index in [-0.39, 0.29) is 12.1 Å². The molecule has 0 aliphatic rings. The average Bonchev–Trinajstić information content (AvgIpc) is 2.43. The highest BCUT2D eigenvalue weighted by Gasteiger charge is 2.17. The molecule has 0 aromatic heterocycles. The van der Waals surface area contributed by atoms with Crippen LogP contribution in [0.4, 0.5) is 10.5 Å². The van der Waals surface area contributed by atoms with Gasteiger partial charge in [0.05, 0.1) is 5.69 Å². The Morgan fingerprint density at radius 2 is 2.10 bits per heavy atom. The molecule has 2 amide bonds. The van der Waals surface area contributed by atoms with E-state index in [4.69, 9.17) is 9.84 Å². The van der Waals surface area contributed by atoms with Crippen molar-refractivity contribution in [1.82, 2.24) is 4.90 Å². The van der Waals surface area contributed by atoms with Gasteiger partial charge < -0.3 is 20.1 Å². The largest absolute Gasteiger partial charge is 0.480 e. The van der Waals surface area contributed by atoms with Crippen molar-refractivity contribution in [2.24, 2.45) is 0 Å². The molecule has 6 heteroatoms.